The first-order valence-electron chi connectivity index (χ1n) is 9.65. The van der Waals surface area contributed by atoms with Gasteiger partial charge < -0.3 is 9.64 Å². The Morgan fingerprint density at radius 1 is 1.24 bits per heavy atom. The fourth-order valence-corrected chi connectivity index (χ4v) is 3.74. The number of ether oxygens (including phenoxy) is 1. The normalized spacial score (nSPS) is 11.9. The first kappa shape index (κ1) is 21.3. The maximum Gasteiger partial charge on any atom is 0.254 e. The van der Waals surface area contributed by atoms with Gasteiger partial charge in [-0.3, -0.25) is 4.79 Å². The van der Waals surface area contributed by atoms with E-state index in [0.717, 1.165) is 28.4 Å². The van der Waals surface area contributed by atoms with Crippen molar-refractivity contribution in [3.8, 4) is 5.75 Å². The van der Waals surface area contributed by atoms with E-state index < -0.39 is 0 Å². The van der Waals surface area contributed by atoms with Crippen molar-refractivity contribution in [3.63, 3.8) is 0 Å². The number of hydrogen-bond acceptors (Lipinski definition) is 4. The number of hydrogen-bond donors (Lipinski definition) is 0. The number of amides is 1. The van der Waals surface area contributed by atoms with Crippen LogP contribution in [-0.4, -0.2) is 21.8 Å². The summed E-state index contributed by atoms with van der Waals surface area (Å²) in [5.74, 6) is 0.822. The highest BCUT2D eigenvalue weighted by Crippen LogP contribution is 2.20. The molecule has 0 fully saturated rings. The molecule has 0 aliphatic carbocycles. The van der Waals surface area contributed by atoms with Crippen LogP contribution in [0.25, 0.3) is 0 Å². The number of aromatic nitrogens is 1. The van der Waals surface area contributed by atoms with Gasteiger partial charge in [-0.15, -0.1) is 11.3 Å². The van der Waals surface area contributed by atoms with Gasteiger partial charge in [-0.2, -0.15) is 0 Å². The monoisotopic (exact) mass is 428 g/mol. The zero-order valence-electron chi connectivity index (χ0n) is 16.9. The summed E-state index contributed by atoms with van der Waals surface area (Å²) in [6.45, 7) is 7.06. The number of nitrogens with zero attached hydrogens (tertiary/aromatic N) is 2. The maximum atomic E-state index is 13.0. The molecule has 29 heavy (non-hydrogen) atoms. The first-order chi connectivity index (χ1) is 14.0. The molecule has 4 nitrogen and oxygen atoms in total. The van der Waals surface area contributed by atoms with Crippen LogP contribution in [0.1, 0.15) is 46.9 Å². The molecule has 0 saturated heterocycles. The molecule has 1 atom stereocenters. The molecular formula is C23H25ClN2O2S. The molecule has 0 bridgehead atoms. The van der Waals surface area contributed by atoms with Crippen LogP contribution in [0.4, 0.5) is 0 Å². The van der Waals surface area contributed by atoms with Gasteiger partial charge in [0.15, 0.2) is 0 Å². The lowest BCUT2D eigenvalue weighted by Gasteiger charge is -2.28. The van der Waals surface area contributed by atoms with E-state index in [9.17, 15) is 4.79 Å². The van der Waals surface area contributed by atoms with Crippen LogP contribution in [-0.2, 0) is 13.2 Å². The van der Waals surface area contributed by atoms with E-state index in [-0.39, 0.29) is 11.9 Å². The molecule has 0 aliphatic rings. The van der Waals surface area contributed by atoms with Crippen molar-refractivity contribution in [2.45, 2.75) is 46.4 Å². The quantitative estimate of drug-likeness (QED) is 0.433. The van der Waals surface area contributed by atoms with Crippen molar-refractivity contribution in [3.05, 3.63) is 80.8 Å². The van der Waals surface area contributed by atoms with E-state index in [1.807, 2.05) is 41.5 Å². The minimum Gasteiger partial charge on any atom is -0.486 e. The van der Waals surface area contributed by atoms with Crippen LogP contribution in [0.15, 0.2) is 53.9 Å². The van der Waals surface area contributed by atoms with E-state index in [4.69, 9.17) is 16.3 Å². The molecule has 0 aliphatic heterocycles. The van der Waals surface area contributed by atoms with Crippen LogP contribution in [0.5, 0.6) is 5.75 Å². The SMILES string of the molecule is CCC(C)N(Cc1csc(COc2cccc(C)c2)n1)C(=O)c1ccc(Cl)cc1. The van der Waals surface area contributed by atoms with Crippen molar-refractivity contribution in [2.75, 3.05) is 0 Å². The van der Waals surface area contributed by atoms with Crippen molar-refractivity contribution in [2.24, 2.45) is 0 Å². The van der Waals surface area contributed by atoms with E-state index in [0.29, 0.717) is 23.7 Å². The van der Waals surface area contributed by atoms with Crippen LogP contribution >= 0.6 is 22.9 Å². The molecule has 1 unspecified atom stereocenters. The standard InChI is InChI=1S/C23H25ClN2O2S/c1-4-17(3)26(23(27)18-8-10-19(24)11-9-18)13-20-15-29-22(25-20)14-28-21-7-5-6-16(2)12-21/h5-12,15,17H,4,13-14H2,1-3H3. The smallest absolute Gasteiger partial charge is 0.254 e. The van der Waals surface area contributed by atoms with Gasteiger partial charge >= 0.3 is 0 Å². The number of benzene rings is 2. The van der Waals surface area contributed by atoms with Gasteiger partial charge in [0, 0.05) is 22.0 Å². The lowest BCUT2D eigenvalue weighted by atomic mass is 10.1. The summed E-state index contributed by atoms with van der Waals surface area (Å²) in [6, 6.07) is 15.1. The summed E-state index contributed by atoms with van der Waals surface area (Å²) in [4.78, 5) is 19.6. The summed E-state index contributed by atoms with van der Waals surface area (Å²) in [6.07, 6.45) is 0.868. The Morgan fingerprint density at radius 3 is 2.69 bits per heavy atom. The lowest BCUT2D eigenvalue weighted by molar-refractivity contribution is 0.0669. The van der Waals surface area contributed by atoms with Crippen molar-refractivity contribution in [1.82, 2.24) is 9.88 Å². The molecule has 3 aromatic rings. The molecule has 6 heteroatoms. The number of carbonyl (C=O) groups is 1. The Labute approximate surface area is 181 Å². The van der Waals surface area contributed by atoms with Crippen LogP contribution in [0.2, 0.25) is 5.02 Å². The zero-order chi connectivity index (χ0) is 20.8. The van der Waals surface area contributed by atoms with Crippen molar-refractivity contribution in [1.29, 1.82) is 0 Å². The van der Waals surface area contributed by atoms with E-state index in [2.05, 4.69) is 18.8 Å². The Morgan fingerprint density at radius 2 is 2.00 bits per heavy atom. The molecule has 1 aromatic heterocycles. The van der Waals surface area contributed by atoms with Gasteiger partial charge in [-0.25, -0.2) is 4.98 Å². The van der Waals surface area contributed by atoms with Crippen LogP contribution in [0, 0.1) is 6.92 Å². The predicted molar refractivity (Wildman–Crippen MR) is 119 cm³/mol. The second-order valence-corrected chi connectivity index (χ2v) is 8.41. The van der Waals surface area contributed by atoms with Gasteiger partial charge in [-0.05, 0) is 62.2 Å². The lowest BCUT2D eigenvalue weighted by Crippen LogP contribution is -2.37. The van der Waals surface area contributed by atoms with E-state index in [1.165, 1.54) is 0 Å². The van der Waals surface area contributed by atoms with Crippen molar-refractivity contribution >= 4 is 28.8 Å². The third-order valence-electron chi connectivity index (χ3n) is 4.76. The fourth-order valence-electron chi connectivity index (χ4n) is 2.92. The third-order valence-corrected chi connectivity index (χ3v) is 5.88. The molecule has 2 aromatic carbocycles. The van der Waals surface area contributed by atoms with Gasteiger partial charge in [0.2, 0.25) is 0 Å². The van der Waals surface area contributed by atoms with Gasteiger partial charge in [0.25, 0.3) is 5.91 Å². The number of aryl methyl sites for hydroxylation is 1. The summed E-state index contributed by atoms with van der Waals surface area (Å²) in [5.41, 5.74) is 2.67. The largest absolute Gasteiger partial charge is 0.486 e. The molecule has 0 saturated carbocycles. The number of carbonyl (C=O) groups excluding carboxylic acids is 1. The highest BCUT2D eigenvalue weighted by atomic mass is 35.5. The maximum absolute atomic E-state index is 13.0. The summed E-state index contributed by atoms with van der Waals surface area (Å²) >= 11 is 7.51. The van der Waals surface area contributed by atoms with Gasteiger partial charge in [0.1, 0.15) is 17.4 Å². The van der Waals surface area contributed by atoms with Crippen molar-refractivity contribution < 1.29 is 9.53 Å². The molecule has 152 valence electrons. The zero-order valence-corrected chi connectivity index (χ0v) is 18.5. The molecule has 3 rings (SSSR count). The summed E-state index contributed by atoms with van der Waals surface area (Å²) in [5, 5.41) is 3.51. The Hall–Kier alpha value is -2.37. The number of thiazole rings is 1. The minimum absolute atomic E-state index is 0.0124. The van der Waals surface area contributed by atoms with E-state index in [1.54, 1.807) is 35.6 Å². The second-order valence-electron chi connectivity index (χ2n) is 7.03. The van der Waals surface area contributed by atoms with Gasteiger partial charge in [-0.1, -0.05) is 30.7 Å². The molecule has 0 radical (unpaired) electrons. The molecule has 1 heterocycles. The summed E-state index contributed by atoms with van der Waals surface area (Å²) < 4.78 is 5.84. The molecule has 1 amide bonds. The topological polar surface area (TPSA) is 42.4 Å². The van der Waals surface area contributed by atoms with E-state index >= 15 is 0 Å². The first-order valence-corrected chi connectivity index (χ1v) is 10.9. The Balaban J connectivity index is 1.68. The van der Waals surface area contributed by atoms with Gasteiger partial charge in [0.05, 0.1) is 12.2 Å². The average molecular weight is 429 g/mol. The molecule has 0 N–H and O–H groups in total. The molecular weight excluding hydrogens is 404 g/mol. The average Bonchev–Trinajstić information content (AvgIpc) is 3.17. The third kappa shape index (κ3) is 5.81. The molecule has 0 spiro atoms. The van der Waals surface area contributed by atoms with Crippen LogP contribution in [0.3, 0.4) is 0 Å². The minimum atomic E-state index is -0.0124. The highest BCUT2D eigenvalue weighted by molar-refractivity contribution is 7.09. The second kappa shape index (κ2) is 9.90. The number of rotatable bonds is 8. The summed E-state index contributed by atoms with van der Waals surface area (Å²) in [7, 11) is 0. The fraction of sp³-hybridized carbons (Fsp3) is 0.304. The number of halogens is 1. The highest BCUT2D eigenvalue weighted by Gasteiger charge is 2.22. The Bertz CT molecular complexity index is 956. The Kier molecular flexibility index (Phi) is 7.29. The predicted octanol–water partition coefficient (Wildman–Crippen LogP) is 6.12. The van der Waals surface area contributed by atoms with Crippen LogP contribution < -0.4 is 4.74 Å².